The average Bonchev–Trinajstić information content (AvgIpc) is 2.40. The van der Waals surface area contributed by atoms with Gasteiger partial charge >= 0.3 is 0 Å². The van der Waals surface area contributed by atoms with Crippen LogP contribution in [0.1, 0.15) is 17.5 Å². The highest BCUT2D eigenvalue weighted by Crippen LogP contribution is 2.11. The highest BCUT2D eigenvalue weighted by atomic mass is 16.1. The lowest BCUT2D eigenvalue weighted by atomic mass is 10.0. The molecule has 0 saturated carbocycles. The summed E-state index contributed by atoms with van der Waals surface area (Å²) in [5.74, 6) is 0.424. The Hall–Kier alpha value is -2.36. The molecule has 0 unspecified atom stereocenters. The summed E-state index contributed by atoms with van der Waals surface area (Å²) in [5, 5.41) is 2.80. The van der Waals surface area contributed by atoms with Crippen molar-refractivity contribution in [3.8, 4) is 0 Å². The van der Waals surface area contributed by atoms with Crippen molar-refractivity contribution in [1.29, 1.82) is 0 Å². The number of rotatable bonds is 4. The fraction of sp³-hybridized carbons (Fsp3) is 0.200. The quantitative estimate of drug-likeness (QED) is 0.882. The topological polar surface area (TPSA) is 68.0 Å². The number of amides is 1. The third-order valence-corrected chi connectivity index (χ3v) is 2.95. The second-order valence-electron chi connectivity index (χ2n) is 4.45. The van der Waals surface area contributed by atoms with Crippen LogP contribution in [-0.2, 0) is 11.2 Å². The van der Waals surface area contributed by atoms with E-state index in [0.29, 0.717) is 17.9 Å². The summed E-state index contributed by atoms with van der Waals surface area (Å²) >= 11 is 0. The van der Waals surface area contributed by atoms with Gasteiger partial charge in [-0.15, -0.1) is 0 Å². The number of aryl methyl sites for hydroxylation is 2. The SMILES string of the molecule is Cc1ccccc1CCC(=O)Nc1ccc(N)nc1. The van der Waals surface area contributed by atoms with Crippen molar-refractivity contribution in [3.05, 3.63) is 53.7 Å². The largest absolute Gasteiger partial charge is 0.384 e. The van der Waals surface area contributed by atoms with E-state index in [-0.39, 0.29) is 5.91 Å². The summed E-state index contributed by atoms with van der Waals surface area (Å²) in [7, 11) is 0. The van der Waals surface area contributed by atoms with E-state index in [1.165, 1.54) is 11.1 Å². The van der Waals surface area contributed by atoms with Gasteiger partial charge < -0.3 is 11.1 Å². The van der Waals surface area contributed by atoms with Gasteiger partial charge in [-0.05, 0) is 36.6 Å². The minimum absolute atomic E-state index is 0.0187. The number of carbonyl (C=O) groups excluding carboxylic acids is 1. The van der Waals surface area contributed by atoms with Crippen LogP contribution < -0.4 is 11.1 Å². The molecule has 98 valence electrons. The second kappa shape index (κ2) is 6.00. The average molecular weight is 255 g/mol. The Balaban J connectivity index is 1.88. The lowest BCUT2D eigenvalue weighted by Gasteiger charge is -2.07. The predicted molar refractivity (Wildman–Crippen MR) is 76.8 cm³/mol. The molecule has 2 rings (SSSR count). The van der Waals surface area contributed by atoms with Crippen molar-refractivity contribution in [2.24, 2.45) is 0 Å². The first-order valence-corrected chi connectivity index (χ1v) is 6.21. The number of pyridine rings is 1. The van der Waals surface area contributed by atoms with Gasteiger partial charge in [-0.1, -0.05) is 24.3 Å². The molecule has 1 aromatic heterocycles. The van der Waals surface area contributed by atoms with Crippen molar-refractivity contribution in [3.63, 3.8) is 0 Å². The maximum atomic E-state index is 11.8. The molecule has 1 amide bonds. The molecule has 0 aliphatic carbocycles. The van der Waals surface area contributed by atoms with Crippen molar-refractivity contribution < 1.29 is 4.79 Å². The molecule has 1 aromatic carbocycles. The van der Waals surface area contributed by atoms with Crippen LogP contribution in [0, 0.1) is 6.92 Å². The first kappa shape index (κ1) is 13.1. The molecule has 4 nitrogen and oxygen atoms in total. The lowest BCUT2D eigenvalue weighted by molar-refractivity contribution is -0.116. The summed E-state index contributed by atoms with van der Waals surface area (Å²) < 4.78 is 0. The molecule has 3 N–H and O–H groups in total. The zero-order chi connectivity index (χ0) is 13.7. The van der Waals surface area contributed by atoms with Gasteiger partial charge in [0.1, 0.15) is 5.82 Å². The number of hydrogen-bond acceptors (Lipinski definition) is 3. The normalized spacial score (nSPS) is 10.2. The Morgan fingerprint density at radius 1 is 1.26 bits per heavy atom. The monoisotopic (exact) mass is 255 g/mol. The van der Waals surface area contributed by atoms with Crippen LogP contribution in [0.4, 0.5) is 11.5 Å². The first-order valence-electron chi connectivity index (χ1n) is 6.21. The van der Waals surface area contributed by atoms with E-state index in [0.717, 1.165) is 6.42 Å². The van der Waals surface area contributed by atoms with E-state index in [2.05, 4.69) is 23.3 Å². The summed E-state index contributed by atoms with van der Waals surface area (Å²) in [6.07, 6.45) is 2.75. The lowest BCUT2D eigenvalue weighted by Crippen LogP contribution is -2.12. The predicted octanol–water partition coefficient (Wildman–Crippen LogP) is 2.54. The van der Waals surface area contributed by atoms with Gasteiger partial charge in [-0.3, -0.25) is 4.79 Å². The highest BCUT2D eigenvalue weighted by molar-refractivity contribution is 5.90. The number of anilines is 2. The molecule has 0 saturated heterocycles. The Morgan fingerprint density at radius 3 is 2.74 bits per heavy atom. The summed E-state index contributed by atoms with van der Waals surface area (Å²) in [6.45, 7) is 2.05. The summed E-state index contributed by atoms with van der Waals surface area (Å²) in [6, 6.07) is 11.5. The van der Waals surface area contributed by atoms with Gasteiger partial charge in [-0.25, -0.2) is 4.98 Å². The molecule has 4 heteroatoms. The highest BCUT2D eigenvalue weighted by Gasteiger charge is 2.04. The van der Waals surface area contributed by atoms with Gasteiger partial charge in [-0.2, -0.15) is 0 Å². The fourth-order valence-corrected chi connectivity index (χ4v) is 1.84. The molecule has 0 fully saturated rings. The van der Waals surface area contributed by atoms with Gasteiger partial charge in [0.15, 0.2) is 0 Å². The minimum atomic E-state index is -0.0187. The Morgan fingerprint density at radius 2 is 2.05 bits per heavy atom. The van der Waals surface area contributed by atoms with E-state index in [1.807, 2.05) is 18.2 Å². The maximum Gasteiger partial charge on any atom is 0.224 e. The van der Waals surface area contributed by atoms with Crippen LogP contribution >= 0.6 is 0 Å². The van der Waals surface area contributed by atoms with Crippen LogP contribution in [0.25, 0.3) is 0 Å². The van der Waals surface area contributed by atoms with E-state index >= 15 is 0 Å². The number of aromatic nitrogens is 1. The molecular weight excluding hydrogens is 238 g/mol. The summed E-state index contributed by atoms with van der Waals surface area (Å²) in [5.41, 5.74) is 8.57. The molecule has 0 atom stereocenters. The van der Waals surface area contributed by atoms with Crippen molar-refractivity contribution >= 4 is 17.4 Å². The smallest absolute Gasteiger partial charge is 0.224 e. The summed E-state index contributed by atoms with van der Waals surface area (Å²) in [4.78, 5) is 15.7. The molecule has 0 aliphatic rings. The molecule has 1 heterocycles. The number of nitrogens with zero attached hydrogens (tertiary/aromatic N) is 1. The van der Waals surface area contributed by atoms with Crippen LogP contribution in [0.5, 0.6) is 0 Å². The van der Waals surface area contributed by atoms with Crippen molar-refractivity contribution in [2.75, 3.05) is 11.1 Å². The third-order valence-electron chi connectivity index (χ3n) is 2.95. The molecule has 0 spiro atoms. The third kappa shape index (κ3) is 3.81. The van der Waals surface area contributed by atoms with E-state index in [9.17, 15) is 4.79 Å². The number of carbonyl (C=O) groups is 1. The van der Waals surface area contributed by atoms with Gasteiger partial charge in [0.25, 0.3) is 0 Å². The fourth-order valence-electron chi connectivity index (χ4n) is 1.84. The van der Waals surface area contributed by atoms with Crippen LogP contribution in [0.2, 0.25) is 0 Å². The molecule has 0 radical (unpaired) electrons. The first-order chi connectivity index (χ1) is 9.15. The Bertz CT molecular complexity index is 564. The minimum Gasteiger partial charge on any atom is -0.384 e. The Labute approximate surface area is 112 Å². The van der Waals surface area contributed by atoms with Crippen molar-refractivity contribution in [2.45, 2.75) is 19.8 Å². The van der Waals surface area contributed by atoms with Gasteiger partial charge in [0.2, 0.25) is 5.91 Å². The zero-order valence-electron chi connectivity index (χ0n) is 10.9. The van der Waals surface area contributed by atoms with E-state index in [4.69, 9.17) is 5.73 Å². The number of nitrogens with two attached hydrogens (primary N) is 1. The zero-order valence-corrected chi connectivity index (χ0v) is 10.9. The van der Waals surface area contributed by atoms with Gasteiger partial charge in [0.05, 0.1) is 11.9 Å². The number of nitrogen functional groups attached to an aromatic ring is 1. The number of hydrogen-bond donors (Lipinski definition) is 2. The van der Waals surface area contributed by atoms with Crippen LogP contribution in [0.15, 0.2) is 42.6 Å². The second-order valence-corrected chi connectivity index (χ2v) is 4.45. The molecule has 0 bridgehead atoms. The maximum absolute atomic E-state index is 11.8. The number of benzene rings is 1. The van der Waals surface area contributed by atoms with E-state index < -0.39 is 0 Å². The van der Waals surface area contributed by atoms with E-state index in [1.54, 1.807) is 18.3 Å². The molecular formula is C15H17N3O. The molecule has 2 aromatic rings. The standard InChI is InChI=1S/C15H17N3O/c1-11-4-2-3-5-12(11)6-9-15(19)18-13-7-8-14(16)17-10-13/h2-5,7-8,10H,6,9H2,1H3,(H2,16,17)(H,18,19). The molecule has 0 aliphatic heterocycles. The Kier molecular flexibility index (Phi) is 4.13. The van der Waals surface area contributed by atoms with Crippen LogP contribution in [-0.4, -0.2) is 10.9 Å². The van der Waals surface area contributed by atoms with Crippen molar-refractivity contribution in [1.82, 2.24) is 4.98 Å². The van der Waals surface area contributed by atoms with Gasteiger partial charge in [0, 0.05) is 6.42 Å². The van der Waals surface area contributed by atoms with Crippen LogP contribution in [0.3, 0.4) is 0 Å². The molecule has 19 heavy (non-hydrogen) atoms. The number of nitrogens with one attached hydrogen (secondary N) is 1.